The van der Waals surface area contributed by atoms with Gasteiger partial charge in [-0.2, -0.15) is 0 Å². The first-order chi connectivity index (χ1) is 18.0. The standard InChI is InChI=1S/C34H50N2P/c1-26(2)31-19-13-20-32(27(3)4)34(31)36-23-22-35(25-36)24-28-14-11-12-21-33(28)37(29-15-7-5-8-16-29)30-17-9-6-10-18-30/h11-14,19-21,25-27,29-30H,5-10,15-18,22-24H2,1-4H3/q+1. The minimum Gasteiger partial charge on any atom is -0.260 e. The monoisotopic (exact) mass is 517 g/mol. The Morgan fingerprint density at radius 3 is 1.89 bits per heavy atom. The van der Waals surface area contributed by atoms with Gasteiger partial charge in [-0.1, -0.05) is 117 Å². The molecular formula is C34H50N2P+. The lowest BCUT2D eigenvalue weighted by Crippen LogP contribution is -2.29. The van der Waals surface area contributed by atoms with Gasteiger partial charge in [0.05, 0.1) is 0 Å². The summed E-state index contributed by atoms with van der Waals surface area (Å²) in [6.45, 7) is 12.6. The third kappa shape index (κ3) is 6.16. The van der Waals surface area contributed by atoms with Gasteiger partial charge in [-0.15, -0.1) is 0 Å². The molecule has 3 heteroatoms. The van der Waals surface area contributed by atoms with Gasteiger partial charge >= 0.3 is 0 Å². The molecule has 5 rings (SSSR count). The second kappa shape index (κ2) is 12.5. The molecule has 1 heterocycles. The van der Waals surface area contributed by atoms with E-state index in [0.29, 0.717) is 11.8 Å². The second-order valence-corrected chi connectivity index (χ2v) is 15.3. The highest BCUT2D eigenvalue weighted by atomic mass is 31.1. The van der Waals surface area contributed by atoms with E-state index in [9.17, 15) is 0 Å². The number of hydrogen-bond donors (Lipinski definition) is 0. The van der Waals surface area contributed by atoms with Crippen molar-refractivity contribution in [3.63, 3.8) is 0 Å². The third-order valence-corrected chi connectivity index (χ3v) is 12.7. The highest BCUT2D eigenvalue weighted by Crippen LogP contribution is 2.55. The van der Waals surface area contributed by atoms with Crippen molar-refractivity contribution in [3.05, 3.63) is 59.2 Å². The van der Waals surface area contributed by atoms with Crippen molar-refractivity contribution in [1.82, 2.24) is 0 Å². The SMILES string of the molecule is CC(C)c1cccc(C(C)C)c1N1C=[N+](Cc2ccccc2P(C2CCCCC2)C2CCCCC2)CC1. The van der Waals surface area contributed by atoms with Crippen LogP contribution in [0, 0.1) is 0 Å². The molecule has 200 valence electrons. The van der Waals surface area contributed by atoms with E-state index in [0.717, 1.165) is 31.0 Å². The molecule has 37 heavy (non-hydrogen) atoms. The van der Waals surface area contributed by atoms with Crippen molar-refractivity contribution >= 4 is 25.3 Å². The molecule has 2 nitrogen and oxygen atoms in total. The van der Waals surface area contributed by atoms with E-state index in [1.807, 2.05) is 0 Å². The number of benzene rings is 2. The van der Waals surface area contributed by atoms with Crippen LogP contribution in [0.1, 0.15) is 120 Å². The fourth-order valence-electron chi connectivity index (χ4n) is 7.21. The van der Waals surface area contributed by atoms with Crippen molar-refractivity contribution in [2.45, 2.75) is 122 Å². The first kappa shape index (κ1) is 26.9. The van der Waals surface area contributed by atoms with Crippen LogP contribution in [-0.2, 0) is 6.54 Å². The molecule has 3 aliphatic rings. The number of nitrogens with zero attached hydrogens (tertiary/aromatic N) is 2. The minimum atomic E-state index is -0.0697. The molecule has 0 bridgehead atoms. The summed E-state index contributed by atoms with van der Waals surface area (Å²) in [6, 6.07) is 16.6. The van der Waals surface area contributed by atoms with Crippen LogP contribution in [-0.4, -0.2) is 35.3 Å². The largest absolute Gasteiger partial charge is 0.260 e. The second-order valence-electron chi connectivity index (χ2n) is 12.5. The van der Waals surface area contributed by atoms with Crippen LogP contribution in [0.25, 0.3) is 0 Å². The summed E-state index contributed by atoms with van der Waals surface area (Å²) in [5, 5.41) is 1.76. The first-order valence-corrected chi connectivity index (χ1v) is 16.9. The van der Waals surface area contributed by atoms with Gasteiger partial charge < -0.3 is 0 Å². The fourth-order valence-corrected chi connectivity index (χ4v) is 11.2. The molecule has 1 aliphatic heterocycles. The van der Waals surface area contributed by atoms with Gasteiger partial charge in [-0.25, -0.2) is 4.90 Å². The maximum atomic E-state index is 2.61. The summed E-state index contributed by atoms with van der Waals surface area (Å²) in [7, 11) is -0.0697. The van der Waals surface area contributed by atoms with Gasteiger partial charge in [0.2, 0.25) is 6.34 Å². The Hall–Kier alpha value is -1.66. The molecule has 0 aromatic heterocycles. The van der Waals surface area contributed by atoms with E-state index in [4.69, 9.17) is 0 Å². The van der Waals surface area contributed by atoms with Crippen LogP contribution in [0.5, 0.6) is 0 Å². The van der Waals surface area contributed by atoms with Gasteiger partial charge in [-0.05, 0) is 54.1 Å². The fraction of sp³-hybridized carbons (Fsp3) is 0.618. The molecule has 2 aromatic rings. The van der Waals surface area contributed by atoms with Gasteiger partial charge in [0.15, 0.2) is 0 Å². The van der Waals surface area contributed by atoms with E-state index in [1.54, 1.807) is 10.9 Å². The predicted molar refractivity (Wildman–Crippen MR) is 164 cm³/mol. The molecule has 0 spiro atoms. The van der Waals surface area contributed by atoms with Crippen LogP contribution in [0.15, 0.2) is 42.5 Å². The van der Waals surface area contributed by atoms with Gasteiger partial charge in [0, 0.05) is 16.7 Å². The van der Waals surface area contributed by atoms with E-state index >= 15 is 0 Å². The molecule has 0 unspecified atom stereocenters. The Morgan fingerprint density at radius 2 is 1.32 bits per heavy atom. The summed E-state index contributed by atoms with van der Waals surface area (Å²) in [5.41, 5.74) is 7.97. The zero-order valence-corrected chi connectivity index (χ0v) is 24.9. The van der Waals surface area contributed by atoms with Crippen LogP contribution in [0.4, 0.5) is 5.69 Å². The quantitative estimate of drug-likeness (QED) is 0.251. The smallest absolute Gasteiger partial charge is 0.239 e. The number of anilines is 1. The molecule has 0 N–H and O–H groups in total. The van der Waals surface area contributed by atoms with Crippen molar-refractivity contribution in [1.29, 1.82) is 0 Å². The van der Waals surface area contributed by atoms with Crippen molar-refractivity contribution < 1.29 is 4.58 Å². The van der Waals surface area contributed by atoms with Crippen molar-refractivity contribution in [3.8, 4) is 0 Å². The van der Waals surface area contributed by atoms with Crippen LogP contribution in [0.2, 0.25) is 0 Å². The number of hydrogen-bond acceptors (Lipinski definition) is 1. The Kier molecular flexibility index (Phi) is 9.07. The lowest BCUT2D eigenvalue weighted by Gasteiger charge is -2.39. The molecule has 2 aromatic carbocycles. The highest BCUT2D eigenvalue weighted by molar-refractivity contribution is 7.67. The Bertz CT molecular complexity index is 1010. The van der Waals surface area contributed by atoms with Gasteiger partial charge in [-0.3, -0.25) is 4.58 Å². The summed E-state index contributed by atoms with van der Waals surface area (Å²) in [5.74, 6) is 1.07. The van der Waals surface area contributed by atoms with E-state index in [1.165, 1.54) is 81.0 Å². The minimum absolute atomic E-state index is 0.0697. The van der Waals surface area contributed by atoms with Gasteiger partial charge in [0.25, 0.3) is 0 Å². The third-order valence-electron chi connectivity index (χ3n) is 9.14. The van der Waals surface area contributed by atoms with E-state index in [2.05, 4.69) is 86.0 Å². The molecule has 0 amide bonds. The molecule has 0 saturated heterocycles. The molecule has 2 fully saturated rings. The van der Waals surface area contributed by atoms with Crippen molar-refractivity contribution in [2.75, 3.05) is 18.0 Å². The Balaban J connectivity index is 1.44. The Morgan fingerprint density at radius 1 is 0.757 bits per heavy atom. The summed E-state index contributed by atoms with van der Waals surface area (Å²) in [6.07, 6.45) is 17.1. The maximum Gasteiger partial charge on any atom is 0.239 e. The predicted octanol–water partition coefficient (Wildman–Crippen LogP) is 8.77. The van der Waals surface area contributed by atoms with Crippen molar-refractivity contribution in [2.24, 2.45) is 0 Å². The zero-order chi connectivity index (χ0) is 25.8. The Labute approximate surface area is 228 Å². The van der Waals surface area contributed by atoms with Crippen LogP contribution in [0.3, 0.4) is 0 Å². The molecule has 2 aliphatic carbocycles. The van der Waals surface area contributed by atoms with Gasteiger partial charge in [0.1, 0.15) is 25.3 Å². The lowest BCUT2D eigenvalue weighted by atomic mass is 9.92. The number of rotatable bonds is 8. The summed E-state index contributed by atoms with van der Waals surface area (Å²) >= 11 is 0. The topological polar surface area (TPSA) is 6.25 Å². The van der Waals surface area contributed by atoms with Crippen LogP contribution >= 0.6 is 7.92 Å². The normalized spacial score (nSPS) is 19.9. The number of para-hydroxylation sites is 1. The summed E-state index contributed by atoms with van der Waals surface area (Å²) < 4.78 is 2.61. The zero-order valence-electron chi connectivity index (χ0n) is 24.0. The van der Waals surface area contributed by atoms with E-state index in [-0.39, 0.29) is 7.92 Å². The highest BCUT2D eigenvalue weighted by Gasteiger charge is 2.34. The molecule has 0 radical (unpaired) electrons. The van der Waals surface area contributed by atoms with Crippen LogP contribution < -0.4 is 10.2 Å². The lowest BCUT2D eigenvalue weighted by molar-refractivity contribution is -0.529. The molecule has 2 saturated carbocycles. The molecular weight excluding hydrogens is 467 g/mol. The summed E-state index contributed by atoms with van der Waals surface area (Å²) in [4.78, 5) is 2.57. The van der Waals surface area contributed by atoms with E-state index < -0.39 is 0 Å². The average Bonchev–Trinajstić information content (AvgIpc) is 3.38. The maximum absolute atomic E-state index is 2.61. The first-order valence-electron chi connectivity index (χ1n) is 15.4. The average molecular weight is 518 g/mol. The molecule has 0 atom stereocenters.